The summed E-state index contributed by atoms with van der Waals surface area (Å²) in [6, 6.07) is 5.88. The van der Waals surface area contributed by atoms with E-state index in [1.807, 2.05) is 28.1 Å². The van der Waals surface area contributed by atoms with Crippen molar-refractivity contribution in [3.63, 3.8) is 0 Å². The summed E-state index contributed by atoms with van der Waals surface area (Å²) in [4.78, 5) is 14.3. The van der Waals surface area contributed by atoms with Crippen LogP contribution in [0.5, 0.6) is 0 Å². The van der Waals surface area contributed by atoms with Gasteiger partial charge in [0.2, 0.25) is 0 Å². The maximum atomic E-state index is 12.4. The van der Waals surface area contributed by atoms with E-state index in [1.54, 1.807) is 0 Å². The fourth-order valence-corrected chi connectivity index (χ4v) is 3.16. The third-order valence-corrected chi connectivity index (χ3v) is 4.37. The molecule has 5 nitrogen and oxygen atoms in total. The number of carbonyl (C=O) groups is 1. The molecule has 2 aliphatic rings. The van der Waals surface area contributed by atoms with Crippen LogP contribution in [0, 0.1) is 0 Å². The molecular formula is C14H19ClN4O. The molecule has 2 heterocycles. The number of nitrogens with one attached hydrogen (secondary N) is 1. The molecule has 0 spiro atoms. The van der Waals surface area contributed by atoms with Gasteiger partial charge in [0.15, 0.2) is 0 Å². The molecule has 2 aliphatic heterocycles. The SMILES string of the molecule is NN1CCC(N2CCc3cc(Cl)ccc3NC2=O)CC1. The van der Waals surface area contributed by atoms with Crippen molar-refractivity contribution in [2.45, 2.75) is 25.3 Å². The predicted octanol–water partition coefficient (Wildman–Crippen LogP) is 2.07. The van der Waals surface area contributed by atoms with E-state index in [2.05, 4.69) is 5.32 Å². The monoisotopic (exact) mass is 294 g/mol. The van der Waals surface area contributed by atoms with Gasteiger partial charge in [-0.1, -0.05) is 11.6 Å². The normalized spacial score (nSPS) is 21.3. The smallest absolute Gasteiger partial charge is 0.321 e. The van der Waals surface area contributed by atoms with Crippen LogP contribution in [-0.2, 0) is 6.42 Å². The van der Waals surface area contributed by atoms with Gasteiger partial charge in [-0.05, 0) is 43.0 Å². The quantitative estimate of drug-likeness (QED) is 0.780. The van der Waals surface area contributed by atoms with E-state index >= 15 is 0 Å². The number of nitrogens with two attached hydrogens (primary N) is 1. The first-order valence-electron chi connectivity index (χ1n) is 6.99. The van der Waals surface area contributed by atoms with Gasteiger partial charge < -0.3 is 10.2 Å². The van der Waals surface area contributed by atoms with Crippen LogP contribution in [-0.4, -0.2) is 41.6 Å². The van der Waals surface area contributed by atoms with Gasteiger partial charge in [-0.2, -0.15) is 0 Å². The van der Waals surface area contributed by atoms with Crippen LogP contribution in [0.2, 0.25) is 5.02 Å². The van der Waals surface area contributed by atoms with E-state index in [0.29, 0.717) is 5.02 Å². The second-order valence-corrected chi connectivity index (χ2v) is 5.88. The largest absolute Gasteiger partial charge is 0.322 e. The molecule has 1 saturated heterocycles. The number of amides is 2. The number of hydrogen-bond donors (Lipinski definition) is 2. The molecule has 0 unspecified atom stereocenters. The molecule has 0 aromatic heterocycles. The lowest BCUT2D eigenvalue weighted by atomic mass is 10.0. The highest BCUT2D eigenvalue weighted by atomic mass is 35.5. The average molecular weight is 295 g/mol. The van der Waals surface area contributed by atoms with E-state index < -0.39 is 0 Å². The lowest BCUT2D eigenvalue weighted by Gasteiger charge is -2.36. The van der Waals surface area contributed by atoms with Crippen LogP contribution in [0.4, 0.5) is 10.5 Å². The topological polar surface area (TPSA) is 61.6 Å². The molecule has 2 amide bonds. The van der Waals surface area contributed by atoms with Gasteiger partial charge in [-0.15, -0.1) is 0 Å². The van der Waals surface area contributed by atoms with Gasteiger partial charge in [0.25, 0.3) is 0 Å². The molecule has 0 atom stereocenters. The van der Waals surface area contributed by atoms with E-state index in [1.165, 1.54) is 0 Å². The van der Waals surface area contributed by atoms with Gasteiger partial charge >= 0.3 is 6.03 Å². The minimum Gasteiger partial charge on any atom is -0.321 e. The van der Waals surface area contributed by atoms with Crippen molar-refractivity contribution < 1.29 is 4.79 Å². The summed E-state index contributed by atoms with van der Waals surface area (Å²) < 4.78 is 0. The maximum Gasteiger partial charge on any atom is 0.322 e. The van der Waals surface area contributed by atoms with Gasteiger partial charge in [0, 0.05) is 36.4 Å². The second-order valence-electron chi connectivity index (χ2n) is 5.44. The van der Waals surface area contributed by atoms with Crippen molar-refractivity contribution in [2.24, 2.45) is 5.84 Å². The molecule has 1 fully saturated rings. The zero-order valence-corrected chi connectivity index (χ0v) is 12.1. The molecule has 3 rings (SSSR count). The van der Waals surface area contributed by atoms with Crippen LogP contribution < -0.4 is 11.2 Å². The van der Waals surface area contributed by atoms with Crippen molar-refractivity contribution in [1.82, 2.24) is 9.91 Å². The predicted molar refractivity (Wildman–Crippen MR) is 79.7 cm³/mol. The molecule has 0 aliphatic carbocycles. The standard InChI is InChI=1S/C14H19ClN4O/c15-11-1-2-13-10(9-11)3-8-19(14(20)17-13)12-4-6-18(16)7-5-12/h1-2,9,12H,3-8,16H2,(H,17,20). The van der Waals surface area contributed by atoms with Crippen molar-refractivity contribution in [3.8, 4) is 0 Å². The lowest BCUT2D eigenvalue weighted by Crippen LogP contribution is -2.50. The van der Waals surface area contributed by atoms with E-state index in [9.17, 15) is 4.79 Å². The molecule has 6 heteroatoms. The zero-order chi connectivity index (χ0) is 14.1. The molecule has 0 radical (unpaired) electrons. The second kappa shape index (κ2) is 5.60. The third-order valence-electron chi connectivity index (χ3n) is 4.13. The highest BCUT2D eigenvalue weighted by Crippen LogP contribution is 2.26. The first-order valence-corrected chi connectivity index (χ1v) is 7.37. The zero-order valence-electron chi connectivity index (χ0n) is 11.3. The van der Waals surface area contributed by atoms with Gasteiger partial charge in [0.1, 0.15) is 0 Å². The Hall–Kier alpha value is -1.30. The summed E-state index contributed by atoms with van der Waals surface area (Å²) in [6.07, 6.45) is 2.69. The van der Waals surface area contributed by atoms with Gasteiger partial charge in [-0.3, -0.25) is 5.84 Å². The summed E-state index contributed by atoms with van der Waals surface area (Å²) in [5, 5.41) is 5.52. The van der Waals surface area contributed by atoms with E-state index in [-0.39, 0.29) is 12.1 Å². The maximum absolute atomic E-state index is 12.4. The highest BCUT2D eigenvalue weighted by molar-refractivity contribution is 6.30. The Morgan fingerprint density at radius 3 is 2.75 bits per heavy atom. The van der Waals surface area contributed by atoms with Gasteiger partial charge in [0.05, 0.1) is 0 Å². The number of carbonyl (C=O) groups excluding carboxylic acids is 1. The first-order chi connectivity index (χ1) is 9.63. The summed E-state index contributed by atoms with van der Waals surface area (Å²) in [5.74, 6) is 5.78. The van der Waals surface area contributed by atoms with Crippen LogP contribution in [0.25, 0.3) is 0 Å². The number of fused-ring (bicyclic) bond motifs is 1. The highest BCUT2D eigenvalue weighted by Gasteiger charge is 2.29. The number of halogens is 1. The Bertz CT molecular complexity index is 514. The van der Waals surface area contributed by atoms with Crippen molar-refractivity contribution in [1.29, 1.82) is 0 Å². The molecular weight excluding hydrogens is 276 g/mol. The van der Waals surface area contributed by atoms with Crippen LogP contribution in [0.3, 0.4) is 0 Å². The number of urea groups is 1. The van der Waals surface area contributed by atoms with Gasteiger partial charge in [-0.25, -0.2) is 9.80 Å². The Morgan fingerprint density at radius 1 is 1.25 bits per heavy atom. The Kier molecular flexibility index (Phi) is 3.83. The minimum absolute atomic E-state index is 0.0125. The van der Waals surface area contributed by atoms with Crippen LogP contribution in [0.15, 0.2) is 18.2 Å². The number of anilines is 1. The molecule has 1 aromatic rings. The molecule has 1 aromatic carbocycles. The fraction of sp³-hybridized carbons (Fsp3) is 0.500. The number of hydrogen-bond acceptors (Lipinski definition) is 3. The summed E-state index contributed by atoms with van der Waals surface area (Å²) in [7, 11) is 0. The number of hydrazine groups is 1. The molecule has 3 N–H and O–H groups in total. The fourth-order valence-electron chi connectivity index (χ4n) is 2.97. The van der Waals surface area contributed by atoms with Crippen molar-refractivity contribution >= 4 is 23.3 Å². The summed E-state index contributed by atoms with van der Waals surface area (Å²) >= 11 is 6.02. The minimum atomic E-state index is -0.0125. The van der Waals surface area contributed by atoms with E-state index in [0.717, 1.165) is 50.1 Å². The number of nitrogens with zero attached hydrogens (tertiary/aromatic N) is 2. The van der Waals surface area contributed by atoms with Crippen LogP contribution in [0.1, 0.15) is 18.4 Å². The summed E-state index contributed by atoms with van der Waals surface area (Å²) in [6.45, 7) is 2.41. The Balaban J connectivity index is 1.75. The summed E-state index contributed by atoms with van der Waals surface area (Å²) in [5.41, 5.74) is 1.97. The average Bonchev–Trinajstić information content (AvgIpc) is 2.58. The van der Waals surface area contributed by atoms with Crippen molar-refractivity contribution in [2.75, 3.05) is 25.0 Å². The number of piperidine rings is 1. The number of rotatable bonds is 1. The molecule has 0 saturated carbocycles. The first kappa shape index (κ1) is 13.7. The van der Waals surface area contributed by atoms with E-state index in [4.69, 9.17) is 17.4 Å². The molecule has 108 valence electrons. The lowest BCUT2D eigenvalue weighted by molar-refractivity contribution is 0.129. The third kappa shape index (κ3) is 2.75. The Labute approximate surface area is 123 Å². The number of benzene rings is 1. The Morgan fingerprint density at radius 2 is 2.00 bits per heavy atom. The molecule has 0 bridgehead atoms. The molecule has 20 heavy (non-hydrogen) atoms. The van der Waals surface area contributed by atoms with Crippen molar-refractivity contribution in [3.05, 3.63) is 28.8 Å². The van der Waals surface area contributed by atoms with Crippen LogP contribution >= 0.6 is 11.6 Å².